The molecule has 0 fully saturated rings. The summed E-state index contributed by atoms with van der Waals surface area (Å²) in [6, 6.07) is 0. The minimum atomic E-state index is 0.691. The molecule has 0 spiro atoms. The van der Waals surface area contributed by atoms with E-state index in [9.17, 15) is 0 Å². The monoisotopic (exact) mass is 238 g/mol. The highest BCUT2D eigenvalue weighted by Gasteiger charge is 2.08. The van der Waals surface area contributed by atoms with E-state index in [2.05, 4.69) is 46.8 Å². The Morgan fingerprint density at radius 3 is 2.00 bits per heavy atom. The quantitative estimate of drug-likeness (QED) is 0.349. The topological polar surface area (TPSA) is 0 Å². The number of allylic oxidation sites excluding steroid dienone is 4. The Bertz CT molecular complexity index is 204. The Morgan fingerprint density at radius 1 is 1.06 bits per heavy atom. The predicted octanol–water partition coefficient (Wildman–Crippen LogP) is 6.53. The molecule has 17 heavy (non-hydrogen) atoms. The molecule has 0 aliphatic heterocycles. The normalized spacial score (nSPS) is 12.5. The van der Waals surface area contributed by atoms with Crippen molar-refractivity contribution < 1.29 is 0 Å². The second-order valence-corrected chi connectivity index (χ2v) is 4.56. The Kier molecular flexibility index (Phi) is 15.0. The van der Waals surface area contributed by atoms with Gasteiger partial charge in [-0.25, -0.2) is 0 Å². The molecule has 0 rings (SSSR count). The summed E-state index contributed by atoms with van der Waals surface area (Å²) in [5, 5.41) is 0. The smallest absolute Gasteiger partial charge is 0.00210 e. The van der Waals surface area contributed by atoms with Crippen LogP contribution in [0.25, 0.3) is 0 Å². The van der Waals surface area contributed by atoms with Crippen LogP contribution in [-0.2, 0) is 0 Å². The molecule has 0 nitrogen and oxygen atoms in total. The first-order valence-electron chi connectivity index (χ1n) is 7.45. The lowest BCUT2D eigenvalue weighted by Crippen LogP contribution is -2.01. The Balaban J connectivity index is 0. The van der Waals surface area contributed by atoms with Crippen LogP contribution in [0.2, 0.25) is 0 Å². The van der Waals surface area contributed by atoms with Crippen LogP contribution in [-0.4, -0.2) is 0 Å². The molecule has 0 radical (unpaired) electrons. The third-order valence-electron chi connectivity index (χ3n) is 2.91. The fraction of sp³-hybridized carbons (Fsp3) is 0.765. The molecule has 0 aliphatic rings. The predicted molar refractivity (Wildman–Crippen MR) is 82.5 cm³/mol. The second kappa shape index (κ2) is 13.5. The maximum Gasteiger partial charge on any atom is -0.00210 e. The minimum absolute atomic E-state index is 0.691. The molecule has 102 valence electrons. The number of unbranched alkanes of at least 4 members (excludes halogenated alkanes) is 2. The minimum Gasteiger partial charge on any atom is -0.0879 e. The molecule has 0 aromatic heterocycles. The zero-order valence-electron chi connectivity index (χ0n) is 13.3. The largest absolute Gasteiger partial charge is 0.0879 e. The van der Waals surface area contributed by atoms with Gasteiger partial charge in [-0.3, -0.25) is 0 Å². The maximum atomic E-state index is 2.44. The molecular formula is C17H34. The van der Waals surface area contributed by atoms with E-state index in [0.717, 1.165) is 0 Å². The van der Waals surface area contributed by atoms with Crippen molar-refractivity contribution in [2.45, 2.75) is 80.6 Å². The van der Waals surface area contributed by atoms with Crippen molar-refractivity contribution in [1.29, 1.82) is 0 Å². The Labute approximate surface area is 110 Å². The summed E-state index contributed by atoms with van der Waals surface area (Å²) < 4.78 is 0. The summed E-state index contributed by atoms with van der Waals surface area (Å²) in [5.74, 6) is 0.691. The van der Waals surface area contributed by atoms with Gasteiger partial charge in [-0.2, -0.15) is 0 Å². The van der Waals surface area contributed by atoms with Crippen molar-refractivity contribution in [3.63, 3.8) is 0 Å². The molecule has 0 aromatic rings. The molecule has 0 saturated carbocycles. The Morgan fingerprint density at radius 2 is 1.65 bits per heavy atom. The van der Waals surface area contributed by atoms with Crippen molar-refractivity contribution in [3.8, 4) is 0 Å². The van der Waals surface area contributed by atoms with Crippen LogP contribution < -0.4 is 0 Å². The molecule has 0 amide bonds. The van der Waals surface area contributed by atoms with Gasteiger partial charge < -0.3 is 0 Å². The average Bonchev–Trinajstić information content (AvgIpc) is 2.32. The van der Waals surface area contributed by atoms with Crippen molar-refractivity contribution in [2.24, 2.45) is 5.92 Å². The van der Waals surface area contributed by atoms with Gasteiger partial charge in [0.05, 0.1) is 0 Å². The first-order chi connectivity index (χ1) is 8.15. The van der Waals surface area contributed by atoms with Crippen LogP contribution in [0.4, 0.5) is 0 Å². The molecule has 0 aliphatic carbocycles. The molecule has 0 bridgehead atoms. The van der Waals surface area contributed by atoms with E-state index in [0.29, 0.717) is 5.92 Å². The molecule has 0 heteroatoms. The van der Waals surface area contributed by atoms with Crippen LogP contribution >= 0.6 is 0 Å². The molecular weight excluding hydrogens is 204 g/mol. The first kappa shape index (κ1) is 18.8. The summed E-state index contributed by atoms with van der Waals surface area (Å²) in [5.41, 5.74) is 3.05. The van der Waals surface area contributed by atoms with Gasteiger partial charge >= 0.3 is 0 Å². The Hall–Kier alpha value is -0.520. The van der Waals surface area contributed by atoms with E-state index < -0.39 is 0 Å². The van der Waals surface area contributed by atoms with Crippen LogP contribution in [0.3, 0.4) is 0 Å². The van der Waals surface area contributed by atoms with Crippen LogP contribution in [0.15, 0.2) is 23.3 Å². The average molecular weight is 238 g/mol. The van der Waals surface area contributed by atoms with Crippen molar-refractivity contribution in [2.75, 3.05) is 0 Å². The SMILES string of the molecule is C/C=C(/CC)C(C=C(C)C)CCCCC.CC. The van der Waals surface area contributed by atoms with Gasteiger partial charge in [-0.1, -0.05) is 70.3 Å². The van der Waals surface area contributed by atoms with Gasteiger partial charge in [-0.15, -0.1) is 0 Å². The van der Waals surface area contributed by atoms with Gasteiger partial charge in [0, 0.05) is 0 Å². The van der Waals surface area contributed by atoms with E-state index in [1.54, 1.807) is 5.57 Å². The van der Waals surface area contributed by atoms with E-state index in [4.69, 9.17) is 0 Å². The van der Waals surface area contributed by atoms with Gasteiger partial charge in [0.1, 0.15) is 0 Å². The summed E-state index contributed by atoms with van der Waals surface area (Å²) in [6.07, 6.45) is 11.3. The standard InChI is InChI=1S/C15H28.C2H6/c1-6-9-10-11-15(12-13(4)5)14(7-2)8-3;1-2/h7,12,15H,6,8-11H2,1-5H3;1-2H3/b14-7-;. The lowest BCUT2D eigenvalue weighted by Gasteiger charge is -2.16. The summed E-state index contributed by atoms with van der Waals surface area (Å²) in [4.78, 5) is 0. The van der Waals surface area contributed by atoms with Gasteiger partial charge in [0.2, 0.25) is 0 Å². The summed E-state index contributed by atoms with van der Waals surface area (Å²) in [6.45, 7) is 15.1. The highest BCUT2D eigenvalue weighted by molar-refractivity contribution is 5.14. The van der Waals surface area contributed by atoms with Crippen LogP contribution in [0.5, 0.6) is 0 Å². The third kappa shape index (κ3) is 10.4. The second-order valence-electron chi connectivity index (χ2n) is 4.56. The van der Waals surface area contributed by atoms with Crippen LogP contribution in [0, 0.1) is 5.92 Å². The fourth-order valence-corrected chi connectivity index (χ4v) is 2.07. The van der Waals surface area contributed by atoms with E-state index in [1.807, 2.05) is 13.8 Å². The number of rotatable bonds is 7. The van der Waals surface area contributed by atoms with Crippen molar-refractivity contribution in [1.82, 2.24) is 0 Å². The third-order valence-corrected chi connectivity index (χ3v) is 2.91. The van der Waals surface area contributed by atoms with Crippen molar-refractivity contribution >= 4 is 0 Å². The highest BCUT2D eigenvalue weighted by Crippen LogP contribution is 2.24. The summed E-state index contributed by atoms with van der Waals surface area (Å²) >= 11 is 0. The lowest BCUT2D eigenvalue weighted by molar-refractivity contribution is 0.579. The molecule has 0 heterocycles. The highest BCUT2D eigenvalue weighted by atomic mass is 14.1. The molecule has 0 aromatic carbocycles. The first-order valence-corrected chi connectivity index (χ1v) is 7.45. The zero-order valence-corrected chi connectivity index (χ0v) is 13.3. The zero-order chi connectivity index (χ0) is 13.7. The fourth-order valence-electron chi connectivity index (χ4n) is 2.07. The van der Waals surface area contributed by atoms with Gasteiger partial charge in [0.25, 0.3) is 0 Å². The van der Waals surface area contributed by atoms with Crippen molar-refractivity contribution in [3.05, 3.63) is 23.3 Å². The van der Waals surface area contributed by atoms with Gasteiger partial charge in [-0.05, 0) is 39.5 Å². The number of hydrogen-bond donors (Lipinski definition) is 0. The molecule has 0 N–H and O–H groups in total. The van der Waals surface area contributed by atoms with Gasteiger partial charge in [0.15, 0.2) is 0 Å². The van der Waals surface area contributed by atoms with E-state index in [1.165, 1.54) is 37.7 Å². The molecule has 0 saturated heterocycles. The summed E-state index contributed by atoms with van der Waals surface area (Å²) in [7, 11) is 0. The molecule has 1 atom stereocenters. The van der Waals surface area contributed by atoms with E-state index in [-0.39, 0.29) is 0 Å². The molecule has 1 unspecified atom stereocenters. The van der Waals surface area contributed by atoms with E-state index >= 15 is 0 Å². The maximum absolute atomic E-state index is 2.44. The number of hydrogen-bond acceptors (Lipinski definition) is 0. The van der Waals surface area contributed by atoms with Crippen LogP contribution in [0.1, 0.15) is 80.6 Å². The lowest BCUT2D eigenvalue weighted by atomic mass is 9.89.